The summed E-state index contributed by atoms with van der Waals surface area (Å²) < 4.78 is 21.8. The van der Waals surface area contributed by atoms with E-state index < -0.39 is 0 Å². The van der Waals surface area contributed by atoms with Crippen LogP contribution in [0.4, 0.5) is 0 Å². The minimum Gasteiger partial charge on any atom is -0.493 e. The number of nitrogens with zero attached hydrogens (tertiary/aromatic N) is 1. The Morgan fingerprint density at radius 3 is 2.35 bits per heavy atom. The Morgan fingerprint density at radius 1 is 0.962 bits per heavy atom. The van der Waals surface area contributed by atoms with Crippen LogP contribution in [0.5, 0.6) is 17.2 Å². The first-order chi connectivity index (χ1) is 12.7. The molecule has 26 heavy (non-hydrogen) atoms. The van der Waals surface area contributed by atoms with Gasteiger partial charge in [0.15, 0.2) is 11.5 Å². The van der Waals surface area contributed by atoms with Crippen molar-refractivity contribution < 1.29 is 23.7 Å². The maximum Gasteiger partial charge on any atom is 0.341 e. The lowest BCUT2D eigenvalue weighted by Gasteiger charge is -2.17. The number of benzene rings is 2. The van der Waals surface area contributed by atoms with Gasteiger partial charge in [0.2, 0.25) is 5.75 Å². The highest BCUT2D eigenvalue weighted by molar-refractivity contribution is 6.11. The molecule has 0 amide bonds. The second-order valence-electron chi connectivity index (χ2n) is 5.79. The molecular formula is C20H17NO5. The van der Waals surface area contributed by atoms with E-state index in [1.807, 2.05) is 36.4 Å². The molecule has 0 spiro atoms. The van der Waals surface area contributed by atoms with Crippen LogP contribution in [0, 0.1) is 0 Å². The number of pyridine rings is 1. The zero-order chi connectivity index (χ0) is 18.3. The molecule has 0 bridgehead atoms. The molecule has 1 aromatic heterocycles. The predicted octanol–water partition coefficient (Wildman–Crippen LogP) is 3.60. The average molecular weight is 351 g/mol. The summed E-state index contributed by atoms with van der Waals surface area (Å²) in [6.45, 7) is 0.140. The van der Waals surface area contributed by atoms with Gasteiger partial charge in [0, 0.05) is 10.9 Å². The normalized spacial score (nSPS) is 12.7. The molecule has 2 heterocycles. The quantitative estimate of drug-likeness (QED) is 0.669. The Balaban J connectivity index is 2.20. The van der Waals surface area contributed by atoms with Crippen LogP contribution in [0.15, 0.2) is 36.4 Å². The first-order valence-corrected chi connectivity index (χ1v) is 8.07. The van der Waals surface area contributed by atoms with E-state index in [9.17, 15) is 4.79 Å². The lowest BCUT2D eigenvalue weighted by Crippen LogP contribution is -2.03. The van der Waals surface area contributed by atoms with Gasteiger partial charge in [0.05, 0.1) is 32.6 Å². The molecule has 132 valence electrons. The summed E-state index contributed by atoms with van der Waals surface area (Å²) in [4.78, 5) is 17.0. The van der Waals surface area contributed by atoms with Crippen molar-refractivity contribution in [1.82, 2.24) is 4.98 Å². The highest BCUT2D eigenvalue weighted by Gasteiger charge is 2.31. The highest BCUT2D eigenvalue weighted by atomic mass is 16.5. The van der Waals surface area contributed by atoms with Gasteiger partial charge in [0.25, 0.3) is 0 Å². The lowest BCUT2D eigenvalue weighted by atomic mass is 9.94. The van der Waals surface area contributed by atoms with Crippen LogP contribution in [0.25, 0.3) is 22.0 Å². The first kappa shape index (κ1) is 16.2. The molecule has 0 atom stereocenters. The van der Waals surface area contributed by atoms with Gasteiger partial charge in [0.1, 0.15) is 12.1 Å². The second kappa shape index (κ2) is 6.22. The fraction of sp³-hybridized carbons (Fsp3) is 0.200. The van der Waals surface area contributed by atoms with Gasteiger partial charge in [-0.25, -0.2) is 9.78 Å². The van der Waals surface area contributed by atoms with Crippen molar-refractivity contribution in [2.75, 3.05) is 21.3 Å². The van der Waals surface area contributed by atoms with Crippen LogP contribution in [0.1, 0.15) is 16.1 Å². The van der Waals surface area contributed by atoms with Crippen molar-refractivity contribution >= 4 is 16.9 Å². The second-order valence-corrected chi connectivity index (χ2v) is 5.79. The molecule has 2 aromatic carbocycles. The van der Waals surface area contributed by atoms with E-state index in [1.165, 1.54) is 0 Å². The summed E-state index contributed by atoms with van der Waals surface area (Å²) in [5, 5.41) is 0.739. The molecule has 0 radical (unpaired) electrons. The smallest absolute Gasteiger partial charge is 0.341 e. The lowest BCUT2D eigenvalue weighted by molar-refractivity contribution is 0.0534. The van der Waals surface area contributed by atoms with E-state index in [2.05, 4.69) is 4.98 Å². The maximum atomic E-state index is 12.4. The van der Waals surface area contributed by atoms with E-state index in [1.54, 1.807) is 21.3 Å². The van der Waals surface area contributed by atoms with Gasteiger partial charge in [-0.3, -0.25) is 0 Å². The Morgan fingerprint density at radius 2 is 1.69 bits per heavy atom. The van der Waals surface area contributed by atoms with Crippen molar-refractivity contribution in [2.24, 2.45) is 0 Å². The Kier molecular flexibility index (Phi) is 3.88. The number of carbonyl (C=O) groups excluding carboxylic acids is 1. The number of carbonyl (C=O) groups is 1. The van der Waals surface area contributed by atoms with E-state index >= 15 is 0 Å². The number of hydrogen-bond donors (Lipinski definition) is 0. The third kappa shape index (κ3) is 2.26. The number of hydrogen-bond acceptors (Lipinski definition) is 6. The molecule has 1 aliphatic heterocycles. The van der Waals surface area contributed by atoms with Crippen LogP contribution in [0.3, 0.4) is 0 Å². The van der Waals surface area contributed by atoms with Crippen molar-refractivity contribution in [3.63, 3.8) is 0 Å². The van der Waals surface area contributed by atoms with Crippen LogP contribution >= 0.6 is 0 Å². The van der Waals surface area contributed by atoms with Crippen molar-refractivity contribution in [1.29, 1.82) is 0 Å². The Bertz CT molecular complexity index is 1010. The summed E-state index contributed by atoms with van der Waals surface area (Å²) in [5.41, 5.74) is 3.32. The van der Waals surface area contributed by atoms with Crippen LogP contribution < -0.4 is 14.2 Å². The van der Waals surface area contributed by atoms with E-state index in [0.717, 1.165) is 16.5 Å². The molecule has 1 aliphatic rings. The van der Waals surface area contributed by atoms with Gasteiger partial charge in [-0.15, -0.1) is 0 Å². The largest absolute Gasteiger partial charge is 0.493 e. The first-order valence-electron chi connectivity index (χ1n) is 8.07. The summed E-state index contributed by atoms with van der Waals surface area (Å²) in [6, 6.07) is 11.5. The third-order valence-electron chi connectivity index (χ3n) is 4.47. The van der Waals surface area contributed by atoms with E-state index in [4.69, 9.17) is 18.9 Å². The molecule has 3 aromatic rings. The molecule has 0 aliphatic carbocycles. The van der Waals surface area contributed by atoms with Crippen LogP contribution in [-0.4, -0.2) is 32.3 Å². The number of esters is 1. The molecule has 0 unspecified atom stereocenters. The van der Waals surface area contributed by atoms with E-state index in [0.29, 0.717) is 34.0 Å². The van der Waals surface area contributed by atoms with Gasteiger partial charge >= 0.3 is 5.97 Å². The van der Waals surface area contributed by atoms with Crippen molar-refractivity contribution in [3.05, 3.63) is 47.7 Å². The number of rotatable bonds is 4. The molecule has 4 rings (SSSR count). The zero-order valence-electron chi connectivity index (χ0n) is 14.7. The fourth-order valence-corrected chi connectivity index (χ4v) is 3.35. The Labute approximate surface area is 150 Å². The van der Waals surface area contributed by atoms with Crippen LogP contribution in [-0.2, 0) is 11.3 Å². The fourth-order valence-electron chi connectivity index (χ4n) is 3.35. The highest BCUT2D eigenvalue weighted by Crippen LogP contribution is 2.47. The van der Waals surface area contributed by atoms with Gasteiger partial charge in [-0.2, -0.15) is 0 Å². The topological polar surface area (TPSA) is 66.9 Å². The number of aromatic nitrogens is 1. The van der Waals surface area contributed by atoms with Gasteiger partial charge < -0.3 is 18.9 Å². The van der Waals surface area contributed by atoms with Gasteiger partial charge in [-0.05, 0) is 11.6 Å². The standard InChI is InChI=1S/C20H17NO5/c1-23-14-9-12-15(11-7-5-4-6-8-11)16-13(10-26-20(16)22)21-17(12)19(25-3)18(14)24-2/h4-9H,10H2,1-3H3. The summed E-state index contributed by atoms with van der Waals surface area (Å²) in [7, 11) is 4.65. The molecule has 0 fully saturated rings. The molecule has 6 heteroatoms. The molecule has 0 saturated heterocycles. The minimum atomic E-state index is -0.373. The number of methoxy groups -OCH3 is 3. The number of cyclic esters (lactones) is 1. The van der Waals surface area contributed by atoms with Crippen molar-refractivity contribution in [3.8, 4) is 28.4 Å². The third-order valence-corrected chi connectivity index (χ3v) is 4.47. The zero-order valence-corrected chi connectivity index (χ0v) is 14.7. The molecular weight excluding hydrogens is 334 g/mol. The Hall–Kier alpha value is -3.28. The van der Waals surface area contributed by atoms with E-state index in [-0.39, 0.29) is 12.6 Å². The monoisotopic (exact) mass is 351 g/mol. The molecule has 6 nitrogen and oxygen atoms in total. The SMILES string of the molecule is COc1cc2c(-c3ccccc3)c3c(nc2c(OC)c1OC)COC3=O. The summed E-state index contributed by atoms with van der Waals surface area (Å²) in [6.07, 6.45) is 0. The number of ether oxygens (including phenoxy) is 4. The number of fused-ring (bicyclic) bond motifs is 2. The maximum absolute atomic E-state index is 12.4. The predicted molar refractivity (Wildman–Crippen MR) is 96.0 cm³/mol. The summed E-state index contributed by atoms with van der Waals surface area (Å²) >= 11 is 0. The molecule has 0 saturated carbocycles. The van der Waals surface area contributed by atoms with Crippen LogP contribution in [0.2, 0.25) is 0 Å². The summed E-state index contributed by atoms with van der Waals surface area (Å²) in [5.74, 6) is 1.05. The van der Waals surface area contributed by atoms with Crippen molar-refractivity contribution in [2.45, 2.75) is 6.61 Å². The minimum absolute atomic E-state index is 0.140. The molecule has 0 N–H and O–H groups in total. The van der Waals surface area contributed by atoms with Gasteiger partial charge in [-0.1, -0.05) is 30.3 Å². The average Bonchev–Trinajstić information content (AvgIpc) is 3.05.